The van der Waals surface area contributed by atoms with Crippen LogP contribution in [0.2, 0.25) is 0 Å². The van der Waals surface area contributed by atoms with Crippen molar-refractivity contribution in [1.29, 1.82) is 5.26 Å². The predicted octanol–water partition coefficient (Wildman–Crippen LogP) is 23.4. The maximum Gasteiger partial charge on any atom is 0.100 e. The molecule has 1 aliphatic carbocycles. The molecule has 0 radical (unpaired) electrons. The second-order valence-electron chi connectivity index (χ2n) is 25.0. The van der Waals surface area contributed by atoms with E-state index in [2.05, 4.69) is 372 Å². The van der Waals surface area contributed by atoms with Gasteiger partial charge in [0.15, 0.2) is 0 Å². The minimum atomic E-state index is -0.743. The van der Waals surface area contributed by atoms with Crippen LogP contribution in [0.15, 0.2) is 346 Å². The van der Waals surface area contributed by atoms with Gasteiger partial charge in [-0.2, -0.15) is 5.26 Å². The van der Waals surface area contributed by atoms with Gasteiger partial charge in [-0.05, 0) is 134 Å². The molecule has 0 saturated heterocycles. The van der Waals surface area contributed by atoms with E-state index in [9.17, 15) is 5.26 Å². The fourth-order valence-corrected chi connectivity index (χ4v) is 15.6. The Labute approximate surface area is 551 Å². The van der Waals surface area contributed by atoms with Crippen molar-refractivity contribution in [2.75, 3.05) is 0 Å². The van der Waals surface area contributed by atoms with Crippen LogP contribution in [0.4, 0.5) is 0 Å². The summed E-state index contributed by atoms with van der Waals surface area (Å²) in [6.07, 6.45) is 5.55. The molecular weight excluding hydrogens is 1150 g/mol. The molecule has 0 saturated carbocycles. The Hall–Kier alpha value is -12.6. The van der Waals surface area contributed by atoms with Crippen molar-refractivity contribution in [3.05, 3.63) is 368 Å². The molecule has 3 heterocycles. The van der Waals surface area contributed by atoms with Crippen LogP contribution in [-0.4, -0.2) is 13.7 Å². The number of allylic oxidation sites excluding steroid dienone is 1. The summed E-state index contributed by atoms with van der Waals surface area (Å²) in [5.74, 6) is 0. The Kier molecular flexibility index (Phi) is 13.2. The van der Waals surface area contributed by atoms with Gasteiger partial charge in [-0.1, -0.05) is 285 Å². The van der Waals surface area contributed by atoms with Crippen molar-refractivity contribution in [2.24, 2.45) is 0 Å². The van der Waals surface area contributed by atoms with Crippen LogP contribution >= 0.6 is 0 Å². The van der Waals surface area contributed by atoms with E-state index in [1.807, 2.05) is 0 Å². The largest absolute Gasteiger partial charge is 0.326 e. The lowest BCUT2D eigenvalue weighted by Crippen LogP contribution is -2.37. The number of fused-ring (bicyclic) bond motifs is 9. The SMILES string of the molecule is N#Cc1c(-c2ccccc2)c(-c2ccccc2)c(-n2c3c(c4cc(-n5c6ccc(-c7ccccc7)cc6c6cc(-c7ccccc7)ccc65)ccc42)CC(c2ccccc2)(n2c4ccccc4c4cc(-c5ccccc5)ccc42)C=C3)c(-c2ccccc2)c1-c1ccccc1. The average molecular weight is 1210 g/mol. The van der Waals surface area contributed by atoms with E-state index in [1.54, 1.807) is 0 Å². The van der Waals surface area contributed by atoms with Gasteiger partial charge in [0.25, 0.3) is 0 Å². The number of hydrogen-bond donors (Lipinski definition) is 0. The van der Waals surface area contributed by atoms with Crippen LogP contribution in [0.25, 0.3) is 150 Å². The fourth-order valence-electron chi connectivity index (χ4n) is 15.6. The molecule has 0 spiro atoms. The molecule has 18 rings (SSSR count). The van der Waals surface area contributed by atoms with E-state index in [-0.39, 0.29) is 0 Å². The van der Waals surface area contributed by atoms with E-state index >= 15 is 0 Å². The summed E-state index contributed by atoms with van der Waals surface area (Å²) in [5, 5.41) is 18.0. The lowest BCUT2D eigenvalue weighted by Gasteiger charge is -2.38. The summed E-state index contributed by atoms with van der Waals surface area (Å²) in [6.45, 7) is 0. The van der Waals surface area contributed by atoms with Crippen LogP contribution in [0.1, 0.15) is 22.4 Å². The molecule has 95 heavy (non-hydrogen) atoms. The first-order valence-electron chi connectivity index (χ1n) is 32.7. The molecule has 444 valence electrons. The highest BCUT2D eigenvalue weighted by molar-refractivity contribution is 6.14. The predicted molar refractivity (Wildman–Crippen MR) is 396 cm³/mol. The number of nitrogens with zero attached hydrogens (tertiary/aromatic N) is 4. The Bertz CT molecular complexity index is 5680. The van der Waals surface area contributed by atoms with Gasteiger partial charge in [0.1, 0.15) is 6.07 Å². The zero-order valence-electron chi connectivity index (χ0n) is 52.0. The maximum atomic E-state index is 12.1. The van der Waals surface area contributed by atoms with Gasteiger partial charge in [0, 0.05) is 67.0 Å². The van der Waals surface area contributed by atoms with Gasteiger partial charge in [-0.3, -0.25) is 0 Å². The zero-order chi connectivity index (χ0) is 63.0. The molecule has 1 atom stereocenters. The van der Waals surface area contributed by atoms with Gasteiger partial charge >= 0.3 is 0 Å². The topological polar surface area (TPSA) is 38.6 Å². The Morgan fingerprint density at radius 1 is 0.295 bits per heavy atom. The highest BCUT2D eigenvalue weighted by Gasteiger charge is 2.41. The minimum absolute atomic E-state index is 0.604. The minimum Gasteiger partial charge on any atom is -0.326 e. The molecule has 0 bridgehead atoms. The quantitative estimate of drug-likeness (QED) is 0.127. The van der Waals surface area contributed by atoms with Crippen LogP contribution < -0.4 is 0 Å². The summed E-state index contributed by atoms with van der Waals surface area (Å²) in [7, 11) is 0. The van der Waals surface area contributed by atoms with Crippen LogP contribution in [0, 0.1) is 11.3 Å². The first-order chi connectivity index (χ1) is 47.1. The number of aromatic nitrogens is 3. The summed E-state index contributed by atoms with van der Waals surface area (Å²) in [6, 6.07) is 126. The second-order valence-corrected chi connectivity index (χ2v) is 25.0. The molecule has 1 aliphatic rings. The molecule has 3 aromatic heterocycles. The van der Waals surface area contributed by atoms with Crippen LogP contribution in [0.5, 0.6) is 0 Å². The molecule has 4 nitrogen and oxygen atoms in total. The van der Waals surface area contributed by atoms with E-state index in [0.29, 0.717) is 12.0 Å². The number of benzene rings is 14. The average Bonchev–Trinajstić information content (AvgIpc) is 1.61. The van der Waals surface area contributed by atoms with E-state index in [4.69, 9.17) is 0 Å². The molecule has 0 amide bonds. The third-order valence-electron chi connectivity index (χ3n) is 19.8. The monoisotopic (exact) mass is 1210 g/mol. The van der Waals surface area contributed by atoms with Gasteiger partial charge in [0.05, 0.1) is 44.4 Å². The number of rotatable bonds is 11. The standard InChI is InChI=1S/C91H60N4/c92-60-79-86(64-33-15-4-16-34-64)88(66-37-19-6-20-38-66)90(89(67-39-21-7-22-40-67)87(79)65-35-17-5-18-36-65)94-82-52-48-72(93-80-49-45-68(61-27-9-1-10-28-61)56-75(80)76-57-69(46-50-81(76)93)62-29-11-2-12-30-62)58-77(82)78-59-91(54-53-83(78)94,71-41-23-8-24-42-71)95-84-44-26-25-43-73(84)74-55-70(47-51-85(74)95)63-31-13-3-14-32-63/h1-58H,59H2. The smallest absolute Gasteiger partial charge is 0.100 e. The molecule has 0 aliphatic heterocycles. The Morgan fingerprint density at radius 3 is 1.13 bits per heavy atom. The maximum absolute atomic E-state index is 12.1. The van der Waals surface area contributed by atoms with Crippen LogP contribution in [0.3, 0.4) is 0 Å². The van der Waals surface area contributed by atoms with Gasteiger partial charge in [0.2, 0.25) is 0 Å². The molecule has 0 fully saturated rings. The van der Waals surface area contributed by atoms with Gasteiger partial charge < -0.3 is 13.7 Å². The fraction of sp³-hybridized carbons (Fsp3) is 0.0220. The third-order valence-corrected chi connectivity index (χ3v) is 19.8. The zero-order valence-corrected chi connectivity index (χ0v) is 52.0. The number of hydrogen-bond acceptors (Lipinski definition) is 1. The molecule has 0 N–H and O–H groups in total. The van der Waals surface area contributed by atoms with Gasteiger partial charge in [-0.15, -0.1) is 0 Å². The van der Waals surface area contributed by atoms with Crippen molar-refractivity contribution in [2.45, 2.75) is 12.0 Å². The second kappa shape index (κ2) is 22.7. The third kappa shape index (κ3) is 8.97. The summed E-state index contributed by atoms with van der Waals surface area (Å²) >= 11 is 0. The molecule has 4 heteroatoms. The highest BCUT2D eigenvalue weighted by Crippen LogP contribution is 2.55. The highest BCUT2D eigenvalue weighted by atomic mass is 15.1. The van der Waals surface area contributed by atoms with Crippen molar-refractivity contribution in [1.82, 2.24) is 13.7 Å². The van der Waals surface area contributed by atoms with Crippen molar-refractivity contribution < 1.29 is 0 Å². The lowest BCUT2D eigenvalue weighted by atomic mass is 9.78. The Balaban J connectivity index is 0.995. The van der Waals surface area contributed by atoms with Crippen LogP contribution in [-0.2, 0) is 12.0 Å². The summed E-state index contributed by atoms with van der Waals surface area (Å²) < 4.78 is 7.71. The number of nitriles is 1. The first kappa shape index (κ1) is 55.3. The lowest BCUT2D eigenvalue weighted by molar-refractivity contribution is 0.470. The van der Waals surface area contributed by atoms with E-state index in [1.165, 1.54) is 66.1 Å². The van der Waals surface area contributed by atoms with E-state index < -0.39 is 5.54 Å². The molecular formula is C91H60N4. The molecule has 17 aromatic rings. The van der Waals surface area contributed by atoms with E-state index in [0.717, 1.165) is 94.5 Å². The van der Waals surface area contributed by atoms with Crippen molar-refractivity contribution in [3.8, 4) is 95.3 Å². The van der Waals surface area contributed by atoms with Crippen molar-refractivity contribution >= 4 is 60.6 Å². The van der Waals surface area contributed by atoms with Gasteiger partial charge in [-0.25, -0.2) is 0 Å². The van der Waals surface area contributed by atoms with Crippen molar-refractivity contribution in [3.63, 3.8) is 0 Å². The Morgan fingerprint density at radius 2 is 0.663 bits per heavy atom. The molecule has 14 aromatic carbocycles. The summed E-state index contributed by atoms with van der Waals surface area (Å²) in [5.41, 5.74) is 25.8. The summed E-state index contributed by atoms with van der Waals surface area (Å²) in [4.78, 5) is 0. The first-order valence-corrected chi connectivity index (χ1v) is 32.7. The number of para-hydroxylation sites is 1. The molecule has 1 unspecified atom stereocenters. The normalized spacial score (nSPS) is 13.6.